The second-order valence-electron chi connectivity index (χ2n) is 8.57. The maximum atomic E-state index is 12.7. The summed E-state index contributed by atoms with van der Waals surface area (Å²) in [6.07, 6.45) is 1.34. The molecule has 0 heterocycles. The number of sulfone groups is 1. The molecule has 0 saturated carbocycles. The highest BCUT2D eigenvalue weighted by molar-refractivity contribution is 7.90. The van der Waals surface area contributed by atoms with E-state index in [1.165, 1.54) is 18.2 Å². The lowest BCUT2D eigenvalue weighted by molar-refractivity contribution is -0.115. The zero-order chi connectivity index (χ0) is 25.7. The van der Waals surface area contributed by atoms with Gasteiger partial charge in [0.15, 0.2) is 9.84 Å². The number of rotatable bonds is 7. The molecule has 182 valence electrons. The number of aryl methyl sites for hydroxylation is 1. The lowest BCUT2D eigenvalue weighted by Crippen LogP contribution is -2.15. The van der Waals surface area contributed by atoms with Crippen molar-refractivity contribution in [3.63, 3.8) is 0 Å². The smallest absolute Gasteiger partial charge is 0.255 e. The molecule has 0 saturated heterocycles. The minimum atomic E-state index is -3.41. The third-order valence-electron chi connectivity index (χ3n) is 5.71. The van der Waals surface area contributed by atoms with Crippen LogP contribution in [0.4, 0.5) is 11.4 Å². The molecule has 36 heavy (non-hydrogen) atoms. The van der Waals surface area contributed by atoms with Crippen LogP contribution in [0.1, 0.15) is 21.5 Å². The first-order chi connectivity index (χ1) is 17.2. The Bertz CT molecular complexity index is 1510. The molecule has 0 aliphatic rings. The number of carbonyl (C=O) groups is 2. The monoisotopic (exact) mass is 498 g/mol. The molecule has 0 spiro atoms. The predicted molar refractivity (Wildman–Crippen MR) is 143 cm³/mol. The Morgan fingerprint density at radius 3 is 2.11 bits per heavy atom. The molecule has 4 aromatic carbocycles. The maximum Gasteiger partial charge on any atom is 0.255 e. The lowest BCUT2D eigenvalue weighted by Gasteiger charge is -2.12. The van der Waals surface area contributed by atoms with Crippen molar-refractivity contribution in [3.05, 3.63) is 114 Å². The van der Waals surface area contributed by atoms with Crippen LogP contribution in [0.25, 0.3) is 11.1 Å². The fraction of sp³-hybridized carbons (Fsp3) is 0.103. The number of hydrogen-bond donors (Lipinski definition) is 2. The summed E-state index contributed by atoms with van der Waals surface area (Å²) < 4.78 is 23.5. The van der Waals surface area contributed by atoms with E-state index in [2.05, 4.69) is 10.6 Å². The first kappa shape index (κ1) is 24.9. The van der Waals surface area contributed by atoms with E-state index in [0.29, 0.717) is 11.4 Å². The molecule has 4 rings (SSSR count). The Morgan fingerprint density at radius 1 is 0.750 bits per heavy atom. The highest BCUT2D eigenvalue weighted by atomic mass is 32.2. The summed E-state index contributed by atoms with van der Waals surface area (Å²) in [6.45, 7) is 1.82. The normalized spacial score (nSPS) is 11.1. The lowest BCUT2D eigenvalue weighted by atomic mass is 10.0. The van der Waals surface area contributed by atoms with Crippen molar-refractivity contribution in [2.75, 3.05) is 16.9 Å². The van der Waals surface area contributed by atoms with Crippen LogP contribution in [-0.2, 0) is 21.1 Å². The van der Waals surface area contributed by atoms with E-state index >= 15 is 0 Å². The summed E-state index contributed by atoms with van der Waals surface area (Å²) in [4.78, 5) is 25.3. The second kappa shape index (κ2) is 10.6. The predicted octanol–water partition coefficient (Wildman–Crippen LogP) is 5.50. The van der Waals surface area contributed by atoms with Crippen LogP contribution in [0.15, 0.2) is 102 Å². The van der Waals surface area contributed by atoms with Crippen molar-refractivity contribution in [3.8, 4) is 11.1 Å². The van der Waals surface area contributed by atoms with Gasteiger partial charge in [-0.15, -0.1) is 0 Å². The number of hydrogen-bond acceptors (Lipinski definition) is 4. The molecule has 0 fully saturated rings. The summed E-state index contributed by atoms with van der Waals surface area (Å²) in [5, 5.41) is 5.69. The first-order valence-electron chi connectivity index (χ1n) is 11.4. The van der Waals surface area contributed by atoms with Gasteiger partial charge in [0.1, 0.15) is 0 Å². The van der Waals surface area contributed by atoms with Gasteiger partial charge in [0, 0.05) is 23.2 Å². The maximum absolute atomic E-state index is 12.7. The third kappa shape index (κ3) is 6.25. The molecular weight excluding hydrogens is 472 g/mol. The Morgan fingerprint density at radius 2 is 1.44 bits per heavy atom. The van der Waals surface area contributed by atoms with Gasteiger partial charge in [0.25, 0.3) is 5.91 Å². The van der Waals surface area contributed by atoms with Crippen molar-refractivity contribution in [2.24, 2.45) is 0 Å². The number of benzene rings is 4. The SMILES string of the molecule is Cc1cc(NC(=O)Cc2ccc(-c3ccccc3)cc2)ccc1NC(=O)c1cccc(S(C)(=O)=O)c1. The van der Waals surface area contributed by atoms with Gasteiger partial charge in [-0.25, -0.2) is 8.42 Å². The fourth-order valence-electron chi connectivity index (χ4n) is 3.78. The van der Waals surface area contributed by atoms with Gasteiger partial charge in [-0.05, 0) is 65.6 Å². The highest BCUT2D eigenvalue weighted by Gasteiger charge is 2.13. The molecule has 0 atom stereocenters. The number of nitrogens with one attached hydrogen (secondary N) is 2. The average Bonchev–Trinajstić information content (AvgIpc) is 2.86. The van der Waals surface area contributed by atoms with E-state index in [0.717, 1.165) is 28.5 Å². The number of carbonyl (C=O) groups excluding carboxylic acids is 2. The molecule has 2 amide bonds. The summed E-state index contributed by atoms with van der Waals surface area (Å²) in [7, 11) is -3.41. The van der Waals surface area contributed by atoms with Gasteiger partial charge in [-0.3, -0.25) is 9.59 Å². The van der Waals surface area contributed by atoms with E-state index in [4.69, 9.17) is 0 Å². The van der Waals surface area contributed by atoms with Gasteiger partial charge in [0.2, 0.25) is 5.91 Å². The Labute approximate surface area is 210 Å². The topological polar surface area (TPSA) is 92.3 Å². The van der Waals surface area contributed by atoms with Gasteiger partial charge in [0.05, 0.1) is 11.3 Å². The van der Waals surface area contributed by atoms with Crippen LogP contribution < -0.4 is 10.6 Å². The largest absolute Gasteiger partial charge is 0.326 e. The van der Waals surface area contributed by atoms with Gasteiger partial charge < -0.3 is 10.6 Å². The average molecular weight is 499 g/mol. The fourth-order valence-corrected chi connectivity index (χ4v) is 4.45. The molecule has 0 radical (unpaired) electrons. The molecule has 0 aliphatic heterocycles. The standard InChI is InChI=1S/C29H26N2O4S/c1-20-17-25(15-16-27(20)31-29(33)24-9-6-10-26(19-24)36(2,34)35)30-28(32)18-21-11-13-23(14-12-21)22-7-4-3-5-8-22/h3-17,19H,18H2,1-2H3,(H,30,32)(H,31,33). The van der Waals surface area contributed by atoms with Crippen LogP contribution in [0, 0.1) is 6.92 Å². The Kier molecular flexibility index (Phi) is 7.31. The van der Waals surface area contributed by atoms with Crippen LogP contribution in [0.2, 0.25) is 0 Å². The summed E-state index contributed by atoms with van der Waals surface area (Å²) in [5.74, 6) is -0.560. The molecule has 6 nitrogen and oxygen atoms in total. The molecule has 7 heteroatoms. The summed E-state index contributed by atoms with van der Waals surface area (Å²) in [6, 6.07) is 29.0. The van der Waals surface area contributed by atoms with Crippen LogP contribution in [-0.4, -0.2) is 26.5 Å². The van der Waals surface area contributed by atoms with Crippen LogP contribution in [0.5, 0.6) is 0 Å². The quantitative estimate of drug-likeness (QED) is 0.352. The van der Waals surface area contributed by atoms with Gasteiger partial charge in [-0.1, -0.05) is 60.7 Å². The summed E-state index contributed by atoms with van der Waals surface area (Å²) >= 11 is 0. The Balaban J connectivity index is 1.38. The second-order valence-corrected chi connectivity index (χ2v) is 10.6. The molecule has 0 unspecified atom stereocenters. The number of anilines is 2. The van der Waals surface area contributed by atoms with Crippen molar-refractivity contribution in [1.29, 1.82) is 0 Å². The zero-order valence-electron chi connectivity index (χ0n) is 20.0. The van der Waals surface area contributed by atoms with Crippen LogP contribution in [0.3, 0.4) is 0 Å². The first-order valence-corrected chi connectivity index (χ1v) is 13.2. The minimum Gasteiger partial charge on any atom is -0.326 e. The van der Waals surface area contributed by atoms with Crippen molar-refractivity contribution < 1.29 is 18.0 Å². The highest BCUT2D eigenvalue weighted by Crippen LogP contribution is 2.22. The van der Waals surface area contributed by atoms with Crippen molar-refractivity contribution >= 4 is 33.0 Å². The van der Waals surface area contributed by atoms with E-state index in [1.54, 1.807) is 24.3 Å². The molecule has 0 bridgehead atoms. The zero-order valence-corrected chi connectivity index (χ0v) is 20.8. The molecule has 0 aliphatic carbocycles. The van der Waals surface area contributed by atoms with Gasteiger partial charge in [-0.2, -0.15) is 0 Å². The van der Waals surface area contributed by atoms with E-state index < -0.39 is 15.7 Å². The molecule has 2 N–H and O–H groups in total. The van der Waals surface area contributed by atoms with Crippen molar-refractivity contribution in [1.82, 2.24) is 0 Å². The van der Waals surface area contributed by atoms with E-state index in [9.17, 15) is 18.0 Å². The van der Waals surface area contributed by atoms with E-state index in [1.807, 2.05) is 61.5 Å². The summed E-state index contributed by atoms with van der Waals surface area (Å²) in [5.41, 5.74) is 5.31. The number of amides is 2. The molecule has 4 aromatic rings. The van der Waals surface area contributed by atoms with Gasteiger partial charge >= 0.3 is 0 Å². The minimum absolute atomic E-state index is 0.0830. The Hall–Kier alpha value is -4.23. The van der Waals surface area contributed by atoms with Crippen LogP contribution >= 0.6 is 0 Å². The molecule has 0 aromatic heterocycles. The van der Waals surface area contributed by atoms with E-state index in [-0.39, 0.29) is 22.8 Å². The molecular formula is C29H26N2O4S. The van der Waals surface area contributed by atoms with Crippen molar-refractivity contribution in [2.45, 2.75) is 18.2 Å². The third-order valence-corrected chi connectivity index (χ3v) is 6.82.